The number of hydrogen-bond acceptors (Lipinski definition) is 3. The van der Waals surface area contributed by atoms with E-state index >= 15 is 0 Å². The summed E-state index contributed by atoms with van der Waals surface area (Å²) in [6.45, 7) is 17.1. The Hall–Kier alpha value is -1.94. The fourth-order valence-electron chi connectivity index (χ4n) is 4.63. The van der Waals surface area contributed by atoms with E-state index in [1.54, 1.807) is 17.8 Å². The lowest BCUT2D eigenvalue weighted by molar-refractivity contribution is -0.132. The van der Waals surface area contributed by atoms with Gasteiger partial charge in [0, 0.05) is 5.56 Å². The van der Waals surface area contributed by atoms with Crippen LogP contribution in [0.15, 0.2) is 42.5 Å². The highest BCUT2D eigenvalue weighted by Crippen LogP contribution is 2.51. The Labute approximate surface area is 185 Å². The number of amides is 1. The first-order valence-corrected chi connectivity index (χ1v) is 11.7. The smallest absolute Gasteiger partial charge is 0.241 e. The number of carbonyl (C=O) groups excluding carboxylic acids is 1. The van der Waals surface area contributed by atoms with Gasteiger partial charge in [0.05, 0.1) is 11.4 Å². The van der Waals surface area contributed by atoms with Crippen LogP contribution in [0.25, 0.3) is 0 Å². The van der Waals surface area contributed by atoms with Gasteiger partial charge in [-0.3, -0.25) is 4.79 Å². The molecule has 2 aromatic carbocycles. The predicted molar refractivity (Wildman–Crippen MR) is 127 cm³/mol. The van der Waals surface area contributed by atoms with Crippen molar-refractivity contribution >= 4 is 17.7 Å². The monoisotopic (exact) mass is 425 g/mol. The molecule has 1 amide bonds. The van der Waals surface area contributed by atoms with Crippen molar-refractivity contribution in [1.82, 2.24) is 4.90 Å². The molecule has 2 aromatic rings. The van der Waals surface area contributed by atoms with E-state index in [2.05, 4.69) is 67.5 Å². The molecule has 0 saturated carbocycles. The lowest BCUT2D eigenvalue weighted by atomic mass is 9.72. The molecule has 3 nitrogen and oxygen atoms in total. The van der Waals surface area contributed by atoms with Crippen molar-refractivity contribution in [2.24, 2.45) is 0 Å². The van der Waals surface area contributed by atoms with Gasteiger partial charge in [0.25, 0.3) is 0 Å². The Morgan fingerprint density at radius 1 is 0.933 bits per heavy atom. The van der Waals surface area contributed by atoms with Crippen LogP contribution >= 0.6 is 11.8 Å². The molecule has 3 unspecified atom stereocenters. The van der Waals surface area contributed by atoms with Gasteiger partial charge in [-0.25, -0.2) is 0 Å². The second-order valence-electron chi connectivity index (χ2n) is 10.4. The molecule has 1 aliphatic heterocycles. The van der Waals surface area contributed by atoms with Crippen LogP contribution in [0.2, 0.25) is 0 Å². The Balaban J connectivity index is 2.10. The van der Waals surface area contributed by atoms with Gasteiger partial charge in [0.2, 0.25) is 5.91 Å². The van der Waals surface area contributed by atoms with E-state index in [-0.39, 0.29) is 33.4 Å². The molecule has 4 heteroatoms. The van der Waals surface area contributed by atoms with Crippen LogP contribution in [0.3, 0.4) is 0 Å². The van der Waals surface area contributed by atoms with Crippen LogP contribution in [0.1, 0.15) is 88.9 Å². The first-order valence-electron chi connectivity index (χ1n) is 10.7. The van der Waals surface area contributed by atoms with Crippen molar-refractivity contribution in [3.05, 3.63) is 64.7 Å². The maximum atomic E-state index is 13.7. The van der Waals surface area contributed by atoms with Crippen LogP contribution in [0, 0.1) is 0 Å². The molecule has 0 spiro atoms. The molecule has 0 bridgehead atoms. The maximum absolute atomic E-state index is 13.7. The Bertz CT molecular complexity index is 925. The number of phenols is 1. The number of thioether (sulfide) groups is 1. The lowest BCUT2D eigenvalue weighted by Gasteiger charge is -2.34. The summed E-state index contributed by atoms with van der Waals surface area (Å²) in [7, 11) is 0. The zero-order valence-electron chi connectivity index (χ0n) is 19.5. The molecule has 0 radical (unpaired) electrons. The van der Waals surface area contributed by atoms with Gasteiger partial charge in [-0.15, -0.1) is 11.8 Å². The van der Waals surface area contributed by atoms with Gasteiger partial charge in [0.1, 0.15) is 11.0 Å². The summed E-state index contributed by atoms with van der Waals surface area (Å²) in [5.41, 5.74) is 3.81. The summed E-state index contributed by atoms with van der Waals surface area (Å²) in [4.78, 5) is 15.7. The normalized spacial score (nSPS) is 21.2. The molecule has 1 aliphatic rings. The summed E-state index contributed by atoms with van der Waals surface area (Å²) < 4.78 is 0. The van der Waals surface area contributed by atoms with Crippen LogP contribution in [-0.2, 0) is 15.6 Å². The Kier molecular flexibility index (Phi) is 6.03. The number of benzene rings is 2. The number of carbonyl (C=O) groups is 1. The molecule has 1 fully saturated rings. The number of aromatic hydroxyl groups is 1. The van der Waals surface area contributed by atoms with Gasteiger partial charge in [-0.2, -0.15) is 0 Å². The van der Waals surface area contributed by atoms with Gasteiger partial charge in [-0.05, 0) is 47.4 Å². The van der Waals surface area contributed by atoms with Crippen molar-refractivity contribution in [2.45, 2.75) is 82.9 Å². The van der Waals surface area contributed by atoms with Crippen molar-refractivity contribution in [3.8, 4) is 5.75 Å². The molecule has 3 atom stereocenters. The fourth-order valence-corrected chi connectivity index (χ4v) is 6.03. The van der Waals surface area contributed by atoms with E-state index in [9.17, 15) is 9.90 Å². The highest BCUT2D eigenvalue weighted by Gasteiger charge is 2.44. The van der Waals surface area contributed by atoms with Crippen molar-refractivity contribution in [3.63, 3.8) is 0 Å². The molecule has 3 rings (SSSR count). The molecular weight excluding hydrogens is 390 g/mol. The predicted octanol–water partition coefficient (Wildman–Crippen LogP) is 6.71. The maximum Gasteiger partial charge on any atom is 0.241 e. The molecule has 162 valence electrons. The molecule has 0 aromatic heterocycles. The quantitative estimate of drug-likeness (QED) is 0.594. The molecule has 1 saturated heterocycles. The second kappa shape index (κ2) is 7.96. The highest BCUT2D eigenvalue weighted by atomic mass is 32.2. The van der Waals surface area contributed by atoms with Gasteiger partial charge < -0.3 is 10.0 Å². The number of phenolic OH excluding ortho intramolecular Hbond substituents is 1. The summed E-state index contributed by atoms with van der Waals surface area (Å²) in [5.74, 6) is 0.467. The summed E-state index contributed by atoms with van der Waals surface area (Å²) in [6.07, 6.45) is 0. The molecular formula is C26H35NO2S. The van der Waals surface area contributed by atoms with Crippen molar-refractivity contribution in [1.29, 1.82) is 0 Å². The Morgan fingerprint density at radius 2 is 1.50 bits per heavy atom. The standard InChI is InChI=1S/C26H35NO2S/c1-16(18-12-10-9-11-13-18)27-17(2)30-23(24(27)29)19-14-15-20(28)22(26(6,7)8)21(19)25(3,4)5/h9-17,23,28H,1-8H3. The third-order valence-electron chi connectivity index (χ3n) is 5.90. The van der Waals surface area contributed by atoms with Gasteiger partial charge in [0.15, 0.2) is 0 Å². The van der Waals surface area contributed by atoms with Crippen molar-refractivity contribution in [2.75, 3.05) is 0 Å². The first-order chi connectivity index (χ1) is 13.8. The SMILES string of the molecule is CC1SC(c2ccc(O)c(C(C)(C)C)c2C(C)(C)C)C(=O)N1C(C)c1ccccc1. The molecule has 0 aliphatic carbocycles. The third-order valence-corrected chi connectivity index (χ3v) is 7.25. The summed E-state index contributed by atoms with van der Waals surface area (Å²) in [6, 6.07) is 14.0. The molecule has 1 heterocycles. The van der Waals surface area contributed by atoms with E-state index in [0.29, 0.717) is 5.75 Å². The van der Waals surface area contributed by atoms with Gasteiger partial charge in [-0.1, -0.05) is 77.9 Å². The summed E-state index contributed by atoms with van der Waals surface area (Å²) in [5, 5.41) is 10.6. The van der Waals surface area contributed by atoms with E-state index in [1.807, 2.05) is 29.2 Å². The first kappa shape index (κ1) is 22.7. The minimum atomic E-state index is -0.262. The molecule has 30 heavy (non-hydrogen) atoms. The number of hydrogen-bond donors (Lipinski definition) is 1. The zero-order chi connectivity index (χ0) is 22.4. The van der Waals surface area contributed by atoms with E-state index in [4.69, 9.17) is 0 Å². The third kappa shape index (κ3) is 4.12. The number of rotatable bonds is 3. The van der Waals surface area contributed by atoms with E-state index in [1.165, 1.54) is 0 Å². The topological polar surface area (TPSA) is 40.5 Å². The van der Waals surface area contributed by atoms with Crippen LogP contribution < -0.4 is 0 Å². The van der Waals surface area contributed by atoms with Crippen LogP contribution in [0.5, 0.6) is 5.75 Å². The van der Waals surface area contributed by atoms with Crippen LogP contribution in [0.4, 0.5) is 0 Å². The van der Waals surface area contributed by atoms with Crippen molar-refractivity contribution < 1.29 is 9.90 Å². The highest BCUT2D eigenvalue weighted by molar-refractivity contribution is 8.01. The largest absolute Gasteiger partial charge is 0.508 e. The van der Waals surface area contributed by atoms with Gasteiger partial charge >= 0.3 is 0 Å². The minimum Gasteiger partial charge on any atom is -0.508 e. The number of nitrogens with zero attached hydrogens (tertiary/aromatic N) is 1. The second-order valence-corrected chi connectivity index (χ2v) is 11.8. The fraction of sp³-hybridized carbons (Fsp3) is 0.500. The average molecular weight is 426 g/mol. The molecule has 1 N–H and O–H groups in total. The Morgan fingerprint density at radius 3 is 2.03 bits per heavy atom. The minimum absolute atomic E-state index is 0.0171. The average Bonchev–Trinajstić information content (AvgIpc) is 2.94. The summed E-state index contributed by atoms with van der Waals surface area (Å²) >= 11 is 1.71. The lowest BCUT2D eigenvalue weighted by Crippen LogP contribution is -2.34. The van der Waals surface area contributed by atoms with E-state index in [0.717, 1.165) is 22.3 Å². The zero-order valence-corrected chi connectivity index (χ0v) is 20.3. The van der Waals surface area contributed by atoms with E-state index < -0.39 is 0 Å². The van der Waals surface area contributed by atoms with Crippen LogP contribution in [-0.4, -0.2) is 21.3 Å².